The average Bonchev–Trinajstić information content (AvgIpc) is 3.27. The maximum Gasteiger partial charge on any atom is 0.417 e. The number of carbonyl (C=O) groups excluding carboxylic acids is 1. The van der Waals surface area contributed by atoms with E-state index in [-0.39, 0.29) is 29.0 Å². The molecule has 7 nitrogen and oxygen atoms in total. The molecule has 0 saturated carbocycles. The normalized spacial score (nSPS) is 11.8. The van der Waals surface area contributed by atoms with Gasteiger partial charge in [0, 0.05) is 21.9 Å². The van der Waals surface area contributed by atoms with Crippen molar-refractivity contribution in [2.24, 2.45) is 0 Å². The van der Waals surface area contributed by atoms with Crippen LogP contribution in [0, 0.1) is 13.8 Å². The first-order chi connectivity index (χ1) is 15.5. The molecule has 33 heavy (non-hydrogen) atoms. The van der Waals surface area contributed by atoms with Gasteiger partial charge in [-0.15, -0.1) is 0 Å². The number of halogens is 5. The minimum atomic E-state index is -4.56. The van der Waals surface area contributed by atoms with Gasteiger partial charge in [-0.1, -0.05) is 29.3 Å². The van der Waals surface area contributed by atoms with Gasteiger partial charge in [-0.3, -0.25) is 9.48 Å². The number of aryl methyl sites for hydroxylation is 2. The fraction of sp³-hybridized carbons (Fsp3) is 0.238. The molecule has 0 fully saturated rings. The quantitative estimate of drug-likeness (QED) is 0.408. The number of nitrogens with zero attached hydrogens (tertiary/aromatic N) is 5. The Hall–Kier alpha value is -3.11. The summed E-state index contributed by atoms with van der Waals surface area (Å²) in [7, 11) is 0. The number of benzene rings is 1. The van der Waals surface area contributed by atoms with Gasteiger partial charge in [-0.25, -0.2) is 9.67 Å². The molecule has 4 rings (SSSR count). The maximum absolute atomic E-state index is 13.5. The largest absolute Gasteiger partial charge is 0.417 e. The van der Waals surface area contributed by atoms with Crippen LogP contribution in [0.4, 0.5) is 18.9 Å². The second kappa shape index (κ2) is 8.68. The van der Waals surface area contributed by atoms with Crippen LogP contribution in [0.1, 0.15) is 22.5 Å². The number of rotatable bonds is 5. The number of fused-ring (bicyclic) bond motifs is 1. The van der Waals surface area contributed by atoms with Crippen molar-refractivity contribution in [1.82, 2.24) is 24.5 Å². The zero-order chi connectivity index (χ0) is 23.9. The van der Waals surface area contributed by atoms with E-state index < -0.39 is 17.6 Å². The Kier molecular flexibility index (Phi) is 6.06. The van der Waals surface area contributed by atoms with E-state index in [0.29, 0.717) is 22.3 Å². The molecule has 3 heterocycles. The predicted molar refractivity (Wildman–Crippen MR) is 118 cm³/mol. The lowest BCUT2D eigenvalue weighted by atomic mass is 10.1. The molecule has 0 aliphatic heterocycles. The van der Waals surface area contributed by atoms with Crippen LogP contribution in [0.5, 0.6) is 0 Å². The molecule has 0 saturated heterocycles. The summed E-state index contributed by atoms with van der Waals surface area (Å²) in [5.41, 5.74) is 0.712. The van der Waals surface area contributed by atoms with E-state index in [1.165, 1.54) is 24.7 Å². The molecule has 1 amide bonds. The molecule has 1 aromatic carbocycles. The van der Waals surface area contributed by atoms with Gasteiger partial charge < -0.3 is 5.32 Å². The van der Waals surface area contributed by atoms with Crippen LogP contribution >= 0.6 is 23.2 Å². The molecular weight excluding hydrogens is 480 g/mol. The van der Waals surface area contributed by atoms with Crippen LogP contribution < -0.4 is 5.32 Å². The minimum absolute atomic E-state index is 0.00282. The lowest BCUT2D eigenvalue weighted by molar-refractivity contribution is -0.136. The SMILES string of the molecule is Cc1cc(C(F)(F)F)c2c(C)nn(CC(=O)Nc3cnn(Cc4ccc(Cl)cc4Cl)c3)c2n1. The van der Waals surface area contributed by atoms with Crippen molar-refractivity contribution in [3.63, 3.8) is 0 Å². The van der Waals surface area contributed by atoms with Gasteiger partial charge in [0.05, 0.1) is 35.1 Å². The van der Waals surface area contributed by atoms with Crippen molar-refractivity contribution in [3.8, 4) is 0 Å². The molecule has 0 atom stereocenters. The van der Waals surface area contributed by atoms with Gasteiger partial charge in [0.1, 0.15) is 6.54 Å². The lowest BCUT2D eigenvalue weighted by Gasteiger charge is -2.10. The second-order valence-electron chi connectivity index (χ2n) is 7.46. The van der Waals surface area contributed by atoms with E-state index in [1.807, 2.05) is 0 Å². The molecule has 0 radical (unpaired) electrons. The van der Waals surface area contributed by atoms with Gasteiger partial charge in [-0.05, 0) is 37.6 Å². The summed E-state index contributed by atoms with van der Waals surface area (Å²) in [5, 5.41) is 11.9. The molecule has 0 aliphatic rings. The number of hydrogen-bond donors (Lipinski definition) is 1. The highest BCUT2D eigenvalue weighted by molar-refractivity contribution is 6.35. The number of alkyl halides is 3. The molecule has 0 spiro atoms. The second-order valence-corrected chi connectivity index (χ2v) is 8.30. The van der Waals surface area contributed by atoms with Crippen LogP contribution in [0.15, 0.2) is 36.7 Å². The fourth-order valence-corrected chi connectivity index (χ4v) is 3.96. The number of amides is 1. The minimum Gasteiger partial charge on any atom is -0.322 e. The Morgan fingerprint density at radius 1 is 1.18 bits per heavy atom. The standard InChI is InChI=1S/C21H17Cl2F3N6O/c1-11-5-16(21(24,25)26)19-12(2)30-32(20(19)28-11)10-18(33)29-15-7-27-31(9-15)8-13-3-4-14(22)6-17(13)23/h3-7,9H,8,10H2,1-2H3,(H,29,33). The van der Waals surface area contributed by atoms with Crippen LogP contribution in [0.25, 0.3) is 11.0 Å². The topological polar surface area (TPSA) is 77.6 Å². The first kappa shape index (κ1) is 23.1. The number of pyridine rings is 1. The molecule has 1 N–H and O–H groups in total. The van der Waals surface area contributed by atoms with E-state index in [0.717, 1.165) is 11.6 Å². The molecular formula is C21H17Cl2F3N6O. The Balaban J connectivity index is 1.51. The third-order valence-electron chi connectivity index (χ3n) is 4.87. The lowest BCUT2D eigenvalue weighted by Crippen LogP contribution is -2.19. The summed E-state index contributed by atoms with van der Waals surface area (Å²) in [6, 6.07) is 6.09. The van der Waals surface area contributed by atoms with Crippen molar-refractivity contribution >= 4 is 45.8 Å². The predicted octanol–water partition coefficient (Wildman–Crippen LogP) is 5.26. The van der Waals surface area contributed by atoms with Crippen molar-refractivity contribution in [2.45, 2.75) is 33.1 Å². The van der Waals surface area contributed by atoms with Crippen molar-refractivity contribution in [3.05, 3.63) is 69.2 Å². The van der Waals surface area contributed by atoms with Crippen LogP contribution in [0.2, 0.25) is 10.0 Å². The molecule has 0 aliphatic carbocycles. The average molecular weight is 497 g/mol. The molecule has 4 aromatic rings. The number of anilines is 1. The van der Waals surface area contributed by atoms with Crippen LogP contribution in [0.3, 0.4) is 0 Å². The van der Waals surface area contributed by atoms with Gasteiger partial charge >= 0.3 is 6.18 Å². The Morgan fingerprint density at radius 2 is 1.94 bits per heavy atom. The first-order valence-corrected chi connectivity index (χ1v) is 10.4. The summed E-state index contributed by atoms with van der Waals surface area (Å²) < 4.78 is 43.2. The van der Waals surface area contributed by atoms with Gasteiger partial charge in [0.25, 0.3) is 0 Å². The number of aromatic nitrogens is 5. The van der Waals surface area contributed by atoms with E-state index in [4.69, 9.17) is 23.2 Å². The zero-order valence-corrected chi connectivity index (χ0v) is 18.9. The first-order valence-electron chi connectivity index (χ1n) is 9.69. The van der Waals surface area contributed by atoms with E-state index >= 15 is 0 Å². The van der Waals surface area contributed by atoms with Crippen LogP contribution in [-0.4, -0.2) is 30.5 Å². The fourth-order valence-electron chi connectivity index (χ4n) is 3.49. The van der Waals surface area contributed by atoms with Crippen molar-refractivity contribution < 1.29 is 18.0 Å². The van der Waals surface area contributed by atoms with Crippen molar-refractivity contribution in [1.29, 1.82) is 0 Å². The van der Waals surface area contributed by atoms with Crippen LogP contribution in [-0.2, 0) is 24.1 Å². The summed E-state index contributed by atoms with van der Waals surface area (Å²) in [6.45, 7) is 2.96. The molecule has 0 bridgehead atoms. The van der Waals surface area contributed by atoms with Crippen molar-refractivity contribution in [2.75, 3.05) is 5.32 Å². The number of carbonyl (C=O) groups is 1. The van der Waals surface area contributed by atoms with E-state index in [1.54, 1.807) is 29.1 Å². The molecule has 172 valence electrons. The summed E-state index contributed by atoms with van der Waals surface area (Å²) in [4.78, 5) is 16.7. The van der Waals surface area contributed by atoms with Gasteiger partial charge in [0.2, 0.25) is 5.91 Å². The molecule has 0 unspecified atom stereocenters. The summed E-state index contributed by atoms with van der Waals surface area (Å²) in [5.74, 6) is -0.486. The monoisotopic (exact) mass is 496 g/mol. The third-order valence-corrected chi connectivity index (χ3v) is 5.46. The highest BCUT2D eigenvalue weighted by Crippen LogP contribution is 2.36. The Bertz CT molecular complexity index is 1360. The van der Waals surface area contributed by atoms with E-state index in [2.05, 4.69) is 20.5 Å². The molecule has 3 aromatic heterocycles. The van der Waals surface area contributed by atoms with Gasteiger partial charge in [0.15, 0.2) is 5.65 Å². The van der Waals surface area contributed by atoms with Gasteiger partial charge in [-0.2, -0.15) is 23.4 Å². The van der Waals surface area contributed by atoms with E-state index in [9.17, 15) is 18.0 Å². The molecule has 12 heteroatoms. The zero-order valence-electron chi connectivity index (χ0n) is 17.4. The Morgan fingerprint density at radius 3 is 2.64 bits per heavy atom. The third kappa shape index (κ3) is 4.96. The Labute approximate surface area is 196 Å². The highest BCUT2D eigenvalue weighted by atomic mass is 35.5. The number of nitrogens with one attached hydrogen (secondary N) is 1. The smallest absolute Gasteiger partial charge is 0.322 e. The maximum atomic E-state index is 13.5. The summed E-state index contributed by atoms with van der Waals surface area (Å²) >= 11 is 12.1. The highest BCUT2D eigenvalue weighted by Gasteiger charge is 2.35. The summed E-state index contributed by atoms with van der Waals surface area (Å²) in [6.07, 6.45) is -1.49. The number of hydrogen-bond acceptors (Lipinski definition) is 4.